The largest absolute Gasteiger partial charge is 0.487 e. The summed E-state index contributed by atoms with van der Waals surface area (Å²) in [6.07, 6.45) is 0.748. The highest BCUT2D eigenvalue weighted by atomic mass is 32.1. The smallest absolute Gasteiger partial charge is 0.336 e. The van der Waals surface area contributed by atoms with Gasteiger partial charge >= 0.3 is 5.63 Å². The van der Waals surface area contributed by atoms with Crippen molar-refractivity contribution < 1.29 is 13.9 Å². The van der Waals surface area contributed by atoms with Crippen molar-refractivity contribution in [1.29, 1.82) is 0 Å². The van der Waals surface area contributed by atoms with Gasteiger partial charge in [-0.05, 0) is 48.7 Å². The molecule has 0 fully saturated rings. The molecule has 7 heteroatoms. The Balaban J connectivity index is 1.54. The molecule has 158 valence electrons. The summed E-state index contributed by atoms with van der Waals surface area (Å²) in [6, 6.07) is 14.7. The predicted octanol–water partition coefficient (Wildman–Crippen LogP) is 5.38. The van der Waals surface area contributed by atoms with E-state index in [1.165, 1.54) is 24.3 Å². The van der Waals surface area contributed by atoms with Crippen molar-refractivity contribution in [3.8, 4) is 5.75 Å². The summed E-state index contributed by atoms with van der Waals surface area (Å²) >= 11 is 1.39. The number of benzene rings is 2. The Kier molecular flexibility index (Phi) is 5.86. The van der Waals surface area contributed by atoms with E-state index in [2.05, 4.69) is 4.98 Å². The van der Waals surface area contributed by atoms with Gasteiger partial charge in [-0.1, -0.05) is 19.1 Å². The first kappa shape index (κ1) is 20.8. The second-order valence-electron chi connectivity index (χ2n) is 7.21. The molecule has 0 aliphatic heterocycles. The lowest BCUT2D eigenvalue weighted by Gasteiger charge is -2.18. The Morgan fingerprint density at radius 3 is 2.77 bits per heavy atom. The lowest BCUT2D eigenvalue weighted by Crippen LogP contribution is -2.22. The van der Waals surface area contributed by atoms with Gasteiger partial charge in [-0.15, -0.1) is 11.3 Å². The molecule has 4 rings (SSSR count). The zero-order valence-corrected chi connectivity index (χ0v) is 18.4. The molecular weight excluding hydrogens is 412 g/mol. The van der Waals surface area contributed by atoms with Crippen LogP contribution in [0.15, 0.2) is 63.1 Å². The highest BCUT2D eigenvalue weighted by molar-refractivity contribution is 7.14. The molecule has 0 bridgehead atoms. The van der Waals surface area contributed by atoms with Crippen molar-refractivity contribution in [1.82, 2.24) is 4.98 Å². The van der Waals surface area contributed by atoms with Gasteiger partial charge in [-0.2, -0.15) is 0 Å². The van der Waals surface area contributed by atoms with E-state index < -0.39 is 0 Å². The second-order valence-corrected chi connectivity index (χ2v) is 8.04. The summed E-state index contributed by atoms with van der Waals surface area (Å²) in [5.41, 5.74) is 3.64. The third-order valence-corrected chi connectivity index (χ3v) is 5.75. The number of carbonyl (C=O) groups is 1. The van der Waals surface area contributed by atoms with Crippen LogP contribution in [0.2, 0.25) is 0 Å². The molecule has 6 nitrogen and oxygen atoms in total. The summed E-state index contributed by atoms with van der Waals surface area (Å²) in [7, 11) is 0. The number of ether oxygens (including phenoxy) is 1. The van der Waals surface area contributed by atoms with E-state index in [0.717, 1.165) is 28.6 Å². The van der Waals surface area contributed by atoms with Gasteiger partial charge in [0.2, 0.25) is 5.91 Å². The normalized spacial score (nSPS) is 10.9. The third-order valence-electron chi connectivity index (χ3n) is 4.87. The fourth-order valence-electron chi connectivity index (χ4n) is 3.41. The Morgan fingerprint density at radius 1 is 1.19 bits per heavy atom. The van der Waals surface area contributed by atoms with Crippen LogP contribution in [-0.4, -0.2) is 10.9 Å². The van der Waals surface area contributed by atoms with Crippen molar-refractivity contribution in [3.63, 3.8) is 0 Å². The second kappa shape index (κ2) is 8.73. The minimum atomic E-state index is -0.369. The maximum Gasteiger partial charge on any atom is 0.336 e. The van der Waals surface area contributed by atoms with E-state index in [4.69, 9.17) is 9.15 Å². The molecule has 0 atom stereocenters. The maximum absolute atomic E-state index is 12.3. The first-order valence-electron chi connectivity index (χ1n) is 9.96. The molecule has 0 aliphatic carbocycles. The molecule has 2 aromatic heterocycles. The number of hydrogen-bond acceptors (Lipinski definition) is 6. The van der Waals surface area contributed by atoms with E-state index in [9.17, 15) is 9.59 Å². The van der Waals surface area contributed by atoms with Crippen LogP contribution in [0.1, 0.15) is 30.7 Å². The quantitative estimate of drug-likeness (QED) is 0.381. The molecule has 0 N–H and O–H groups in total. The van der Waals surface area contributed by atoms with Gasteiger partial charge in [-0.25, -0.2) is 9.78 Å². The topological polar surface area (TPSA) is 72.6 Å². The number of hydrogen-bond donors (Lipinski definition) is 0. The minimum absolute atomic E-state index is 0.108. The number of aromatic nitrogens is 1. The zero-order chi connectivity index (χ0) is 22.0. The van der Waals surface area contributed by atoms with Gasteiger partial charge < -0.3 is 9.15 Å². The van der Waals surface area contributed by atoms with Gasteiger partial charge in [0.05, 0.1) is 11.4 Å². The maximum atomic E-state index is 12.3. The van der Waals surface area contributed by atoms with Crippen molar-refractivity contribution >= 4 is 39.0 Å². The average Bonchev–Trinajstić information content (AvgIpc) is 3.19. The van der Waals surface area contributed by atoms with Crippen LogP contribution in [0.5, 0.6) is 5.75 Å². The van der Waals surface area contributed by atoms with Crippen molar-refractivity contribution in [2.24, 2.45) is 0 Å². The Labute approximate surface area is 183 Å². The lowest BCUT2D eigenvalue weighted by atomic mass is 10.1. The summed E-state index contributed by atoms with van der Waals surface area (Å²) in [5, 5.41) is 3.37. The minimum Gasteiger partial charge on any atom is -0.487 e. The molecule has 0 radical (unpaired) electrons. The van der Waals surface area contributed by atoms with Crippen LogP contribution in [0.4, 0.5) is 10.8 Å². The van der Waals surface area contributed by atoms with Crippen LogP contribution in [-0.2, 0) is 17.8 Å². The van der Waals surface area contributed by atoms with Crippen LogP contribution in [0.3, 0.4) is 0 Å². The van der Waals surface area contributed by atoms with Gasteiger partial charge in [0.15, 0.2) is 5.13 Å². The molecule has 31 heavy (non-hydrogen) atoms. The van der Waals surface area contributed by atoms with Crippen LogP contribution in [0.25, 0.3) is 11.0 Å². The summed E-state index contributed by atoms with van der Waals surface area (Å²) in [4.78, 5) is 30.2. The van der Waals surface area contributed by atoms with Crippen LogP contribution < -0.4 is 15.3 Å². The van der Waals surface area contributed by atoms with E-state index >= 15 is 0 Å². The summed E-state index contributed by atoms with van der Waals surface area (Å²) in [5.74, 6) is 0.476. The predicted molar refractivity (Wildman–Crippen MR) is 122 cm³/mol. The SMILES string of the molecule is CCc1cc(=O)oc2cc(OCc3csc(N(C(C)=O)c4cccc(C)c4)n3)ccc12. The monoisotopic (exact) mass is 434 g/mol. The van der Waals surface area contributed by atoms with E-state index in [0.29, 0.717) is 22.2 Å². The molecule has 0 spiro atoms. The Bertz CT molecular complexity index is 1310. The number of rotatable bonds is 6. The molecule has 0 saturated heterocycles. The number of thiazole rings is 1. The summed E-state index contributed by atoms with van der Waals surface area (Å²) < 4.78 is 11.2. The number of amides is 1. The standard InChI is InChI=1S/C24H22N2O4S/c1-4-17-11-23(28)30-22-12-20(8-9-21(17)22)29-13-18-14-31-24(25-18)26(16(3)27)19-7-5-6-15(2)10-19/h5-12,14H,4,13H2,1-3H3. The Morgan fingerprint density at radius 2 is 2.03 bits per heavy atom. The number of aryl methyl sites for hydroxylation is 2. The van der Waals surface area contributed by atoms with Gasteiger partial charge in [0, 0.05) is 29.8 Å². The molecule has 4 aromatic rings. The van der Waals surface area contributed by atoms with Crippen LogP contribution in [0, 0.1) is 6.92 Å². The molecule has 0 unspecified atom stereocenters. The average molecular weight is 435 g/mol. The van der Waals surface area contributed by atoms with E-state index in [-0.39, 0.29) is 18.1 Å². The van der Waals surface area contributed by atoms with E-state index in [1.807, 2.05) is 55.6 Å². The molecule has 0 saturated carbocycles. The first-order valence-corrected chi connectivity index (χ1v) is 10.8. The highest BCUT2D eigenvalue weighted by Gasteiger charge is 2.18. The summed E-state index contributed by atoms with van der Waals surface area (Å²) in [6.45, 7) is 5.74. The lowest BCUT2D eigenvalue weighted by molar-refractivity contribution is -0.115. The van der Waals surface area contributed by atoms with Crippen LogP contribution >= 0.6 is 11.3 Å². The molecule has 0 aliphatic rings. The number of carbonyl (C=O) groups excluding carboxylic acids is 1. The van der Waals surface area contributed by atoms with E-state index in [1.54, 1.807) is 11.0 Å². The van der Waals surface area contributed by atoms with Gasteiger partial charge in [-0.3, -0.25) is 9.69 Å². The Hall–Kier alpha value is -3.45. The number of fused-ring (bicyclic) bond motifs is 1. The zero-order valence-electron chi connectivity index (χ0n) is 17.5. The molecular formula is C24H22N2O4S. The van der Waals surface area contributed by atoms with Crippen molar-refractivity contribution in [3.05, 3.63) is 81.2 Å². The van der Waals surface area contributed by atoms with Gasteiger partial charge in [0.1, 0.15) is 17.9 Å². The van der Waals surface area contributed by atoms with Crippen molar-refractivity contribution in [2.75, 3.05) is 4.90 Å². The third kappa shape index (κ3) is 4.51. The highest BCUT2D eigenvalue weighted by Crippen LogP contribution is 2.30. The first-order chi connectivity index (χ1) is 14.9. The molecule has 1 amide bonds. The van der Waals surface area contributed by atoms with Gasteiger partial charge in [0.25, 0.3) is 0 Å². The fraction of sp³-hybridized carbons (Fsp3) is 0.208. The molecule has 2 heterocycles. The van der Waals surface area contributed by atoms with Crippen molar-refractivity contribution in [2.45, 2.75) is 33.8 Å². The fourth-order valence-corrected chi connectivity index (χ4v) is 4.28. The number of nitrogens with zero attached hydrogens (tertiary/aromatic N) is 2. The number of anilines is 2. The molecule has 2 aromatic carbocycles.